The number of anilines is 1. The van der Waals surface area contributed by atoms with Gasteiger partial charge in [-0.15, -0.1) is 0 Å². The Morgan fingerprint density at radius 2 is 2.00 bits per heavy atom. The number of rotatable bonds is 2. The Kier molecular flexibility index (Phi) is 7.05. The summed E-state index contributed by atoms with van der Waals surface area (Å²) in [5.74, 6) is 6.00. The fourth-order valence-corrected chi connectivity index (χ4v) is 4.39. The summed E-state index contributed by atoms with van der Waals surface area (Å²) in [5, 5.41) is 15.8. The maximum atomic E-state index is 11.7. The van der Waals surface area contributed by atoms with E-state index in [0.29, 0.717) is 61.1 Å². The van der Waals surface area contributed by atoms with Crippen LogP contribution in [0.5, 0.6) is 0 Å². The van der Waals surface area contributed by atoms with Crippen LogP contribution < -0.4 is 16.5 Å². The first-order valence-electron chi connectivity index (χ1n) is 11.4. The van der Waals surface area contributed by atoms with Gasteiger partial charge in [0.25, 0.3) is 0 Å². The highest BCUT2D eigenvalue weighted by Crippen LogP contribution is 2.32. The first-order valence-corrected chi connectivity index (χ1v) is 11.4. The lowest BCUT2D eigenvalue weighted by Crippen LogP contribution is -2.45. The number of ether oxygens (including phenoxy) is 2. The van der Waals surface area contributed by atoms with Crippen LogP contribution >= 0.6 is 0 Å². The third kappa shape index (κ3) is 5.49. The topological polar surface area (TPSA) is 144 Å². The van der Waals surface area contributed by atoms with Gasteiger partial charge in [0.2, 0.25) is 0 Å². The number of fused-ring (bicyclic) bond motifs is 10. The molecule has 5 N–H and O–H groups in total. The van der Waals surface area contributed by atoms with Gasteiger partial charge in [0, 0.05) is 36.6 Å². The van der Waals surface area contributed by atoms with Crippen molar-refractivity contribution in [3.05, 3.63) is 47.1 Å². The molecule has 0 saturated carbocycles. The molecule has 0 atom stereocenters. The molecule has 34 heavy (non-hydrogen) atoms. The molecule has 5 rings (SSSR count). The Balaban J connectivity index is 1.75. The fourth-order valence-electron chi connectivity index (χ4n) is 4.39. The summed E-state index contributed by atoms with van der Waals surface area (Å²) in [6.45, 7) is 6.87. The van der Waals surface area contributed by atoms with Crippen molar-refractivity contribution >= 4 is 17.4 Å². The highest BCUT2D eigenvalue weighted by Gasteiger charge is 2.33. The minimum atomic E-state index is -0.906. The van der Waals surface area contributed by atoms with E-state index in [0.717, 1.165) is 18.7 Å². The second-order valence-corrected chi connectivity index (χ2v) is 9.09. The third-order valence-corrected chi connectivity index (χ3v) is 6.23. The summed E-state index contributed by atoms with van der Waals surface area (Å²) in [6.07, 6.45) is 6.96. The molecule has 4 bridgehead atoms. The summed E-state index contributed by atoms with van der Waals surface area (Å²) in [5.41, 5.74) is 8.95. The van der Waals surface area contributed by atoms with Crippen molar-refractivity contribution < 1.29 is 19.4 Å². The predicted molar refractivity (Wildman–Crippen MR) is 127 cm³/mol. The molecule has 1 fully saturated rings. The molecular weight excluding hydrogens is 438 g/mol. The number of hydrazine groups is 1. The Hall–Kier alpha value is -3.15. The van der Waals surface area contributed by atoms with Crippen LogP contribution in [-0.4, -0.2) is 69.2 Å². The summed E-state index contributed by atoms with van der Waals surface area (Å²) < 4.78 is 13.5. The zero-order valence-corrected chi connectivity index (χ0v) is 19.7. The lowest BCUT2D eigenvalue weighted by molar-refractivity contribution is -0.136. The van der Waals surface area contributed by atoms with Crippen LogP contribution in [0.15, 0.2) is 30.1 Å². The number of carbonyl (C=O) groups is 1. The average Bonchev–Trinajstić information content (AvgIpc) is 3.14. The van der Waals surface area contributed by atoms with Crippen molar-refractivity contribution in [1.29, 1.82) is 0 Å². The lowest BCUT2D eigenvalue weighted by atomic mass is 9.93. The molecule has 3 aliphatic heterocycles. The van der Waals surface area contributed by atoms with E-state index in [4.69, 9.17) is 26.1 Å². The van der Waals surface area contributed by atoms with Crippen LogP contribution in [-0.2, 0) is 27.2 Å². The number of aliphatic carboxylic acids is 1. The van der Waals surface area contributed by atoms with Crippen LogP contribution in [0.2, 0.25) is 0 Å². The number of hydrogen-bond acceptors (Lipinski definition) is 9. The fraction of sp³-hybridized carbons (Fsp3) is 0.522. The van der Waals surface area contributed by atoms with Crippen molar-refractivity contribution in [2.75, 3.05) is 37.8 Å². The predicted octanol–water partition coefficient (Wildman–Crippen LogP) is 1.10. The lowest BCUT2D eigenvalue weighted by Gasteiger charge is -2.40. The molecule has 0 amide bonds. The standard InChI is InChI=1S/C23H33N7O4/c1-16-19(12-21(31)32)22-28-7-5-23(2,6-8-28)34-10-4-3-9-33-15-17(24)13-29(25)14-18-11-20(26-16)30(22)27-18/h3-4,11,13H,5-10,12,14-15,24-25H2,1-2H3,(H,31,32)/b4-3+,17-13-. The molecule has 0 aliphatic carbocycles. The van der Waals surface area contributed by atoms with Gasteiger partial charge < -0.3 is 30.2 Å². The maximum absolute atomic E-state index is 11.7. The van der Waals surface area contributed by atoms with Gasteiger partial charge in [0.1, 0.15) is 5.82 Å². The number of hydrogen-bond donors (Lipinski definition) is 3. The van der Waals surface area contributed by atoms with Gasteiger partial charge in [-0.1, -0.05) is 12.2 Å². The second-order valence-electron chi connectivity index (χ2n) is 9.09. The minimum absolute atomic E-state index is 0.128. The van der Waals surface area contributed by atoms with Crippen molar-refractivity contribution in [1.82, 2.24) is 19.6 Å². The van der Waals surface area contributed by atoms with E-state index in [2.05, 4.69) is 16.8 Å². The van der Waals surface area contributed by atoms with Crippen LogP contribution in [0.1, 0.15) is 36.7 Å². The van der Waals surface area contributed by atoms with Crippen LogP contribution in [0.3, 0.4) is 0 Å². The molecule has 184 valence electrons. The Bertz CT molecular complexity index is 1100. The molecule has 1 saturated heterocycles. The largest absolute Gasteiger partial charge is 0.481 e. The molecule has 0 spiro atoms. The van der Waals surface area contributed by atoms with E-state index in [9.17, 15) is 9.90 Å². The van der Waals surface area contributed by atoms with E-state index >= 15 is 0 Å². The normalized spacial score (nSPS) is 22.1. The van der Waals surface area contributed by atoms with Crippen LogP contribution in [0.4, 0.5) is 5.82 Å². The van der Waals surface area contributed by atoms with Gasteiger partial charge in [-0.05, 0) is 26.7 Å². The number of nitrogens with zero attached hydrogens (tertiary/aromatic N) is 5. The average molecular weight is 472 g/mol. The quantitative estimate of drug-likeness (QED) is 0.430. The molecule has 5 heterocycles. The Labute approximate surface area is 198 Å². The Morgan fingerprint density at radius 3 is 2.74 bits per heavy atom. The number of nitrogens with two attached hydrogens (primary N) is 2. The highest BCUT2D eigenvalue weighted by molar-refractivity contribution is 5.74. The third-order valence-electron chi connectivity index (χ3n) is 6.23. The van der Waals surface area contributed by atoms with Gasteiger partial charge in [-0.25, -0.2) is 10.8 Å². The number of carboxylic acids is 1. The minimum Gasteiger partial charge on any atom is -0.481 e. The molecule has 3 aliphatic rings. The van der Waals surface area contributed by atoms with Crippen molar-refractivity contribution in [2.45, 2.75) is 45.3 Å². The maximum Gasteiger partial charge on any atom is 0.308 e. The molecule has 11 nitrogen and oxygen atoms in total. The van der Waals surface area contributed by atoms with Gasteiger partial charge in [0.15, 0.2) is 5.65 Å². The van der Waals surface area contributed by atoms with E-state index < -0.39 is 5.97 Å². The summed E-state index contributed by atoms with van der Waals surface area (Å²) in [6, 6.07) is 1.86. The molecule has 2 aromatic rings. The summed E-state index contributed by atoms with van der Waals surface area (Å²) >= 11 is 0. The van der Waals surface area contributed by atoms with E-state index in [1.54, 1.807) is 10.7 Å². The molecule has 11 heteroatoms. The van der Waals surface area contributed by atoms with Crippen molar-refractivity contribution in [3.8, 4) is 0 Å². The summed E-state index contributed by atoms with van der Waals surface area (Å²) in [7, 11) is 0. The van der Waals surface area contributed by atoms with E-state index in [1.165, 1.54) is 5.01 Å². The van der Waals surface area contributed by atoms with Gasteiger partial charge >= 0.3 is 5.97 Å². The Morgan fingerprint density at radius 1 is 1.26 bits per heavy atom. The number of piperidine rings is 1. The van der Waals surface area contributed by atoms with E-state index in [1.807, 2.05) is 25.1 Å². The van der Waals surface area contributed by atoms with Crippen molar-refractivity contribution in [3.63, 3.8) is 0 Å². The van der Waals surface area contributed by atoms with Crippen molar-refractivity contribution in [2.24, 2.45) is 11.6 Å². The zero-order chi connectivity index (χ0) is 24.3. The first kappa shape index (κ1) is 24.0. The monoisotopic (exact) mass is 471 g/mol. The van der Waals surface area contributed by atoms with E-state index in [-0.39, 0.29) is 18.6 Å². The number of aromatic nitrogens is 3. The SMILES string of the molecule is Cc1nc2cc3nn2c(c1CC(=O)O)N1CCC(C)(CC1)OC/C=C/COC/C(N)=C/N(N)C3. The molecule has 2 aromatic heterocycles. The second kappa shape index (κ2) is 10.00. The molecule has 0 unspecified atom stereocenters. The first-order chi connectivity index (χ1) is 16.2. The molecular formula is C23H33N7O4. The number of aryl methyl sites for hydroxylation is 1. The molecule has 0 radical (unpaired) electrons. The van der Waals surface area contributed by atoms with Gasteiger partial charge in [-0.2, -0.15) is 9.61 Å². The highest BCUT2D eigenvalue weighted by atomic mass is 16.5. The number of carboxylic acid groups (broad SMARTS) is 1. The van der Waals surface area contributed by atoms with Gasteiger partial charge in [-0.3, -0.25) is 4.79 Å². The smallest absolute Gasteiger partial charge is 0.308 e. The van der Waals surface area contributed by atoms with Crippen LogP contribution in [0, 0.1) is 6.92 Å². The van der Waals surface area contributed by atoms with Crippen LogP contribution in [0.25, 0.3) is 5.65 Å². The molecule has 0 aromatic carbocycles. The zero-order valence-electron chi connectivity index (χ0n) is 19.7. The van der Waals surface area contributed by atoms with Gasteiger partial charge in [0.05, 0.1) is 49.8 Å². The summed E-state index contributed by atoms with van der Waals surface area (Å²) in [4.78, 5) is 18.5.